The number of aryl methyl sites for hydroxylation is 1. The van der Waals surface area contributed by atoms with E-state index < -0.39 is 5.97 Å². The number of amidine groups is 1. The number of oxime groups is 1. The lowest BCUT2D eigenvalue weighted by Crippen LogP contribution is -2.15. The first-order chi connectivity index (χ1) is 7.10. The first-order valence-corrected chi connectivity index (χ1v) is 4.13. The monoisotopic (exact) mass is 209 g/mol. The van der Waals surface area contributed by atoms with Crippen LogP contribution in [0, 0.1) is 6.92 Å². The second-order valence-electron chi connectivity index (χ2n) is 2.83. The van der Waals surface area contributed by atoms with E-state index in [0.717, 1.165) is 0 Å². The highest BCUT2D eigenvalue weighted by Crippen LogP contribution is 2.09. The summed E-state index contributed by atoms with van der Waals surface area (Å²) in [5.41, 5.74) is 6.54. The average molecular weight is 209 g/mol. The van der Waals surface area contributed by atoms with Crippen LogP contribution in [-0.2, 0) is 4.74 Å². The van der Waals surface area contributed by atoms with Crippen LogP contribution in [-0.4, -0.2) is 29.1 Å². The minimum atomic E-state index is -0.507. The number of nitrogens with two attached hydrogens (primary N) is 1. The van der Waals surface area contributed by atoms with E-state index in [2.05, 4.69) is 14.9 Å². The van der Waals surface area contributed by atoms with Crippen molar-refractivity contribution in [3.05, 3.63) is 29.1 Å². The van der Waals surface area contributed by atoms with Crippen LogP contribution in [0.1, 0.15) is 21.6 Å². The van der Waals surface area contributed by atoms with Crippen molar-refractivity contribution in [1.82, 2.24) is 4.98 Å². The molecule has 1 rings (SSSR count). The van der Waals surface area contributed by atoms with E-state index in [4.69, 9.17) is 10.9 Å². The van der Waals surface area contributed by atoms with Gasteiger partial charge in [-0.15, -0.1) is 0 Å². The van der Waals surface area contributed by atoms with Gasteiger partial charge in [-0.2, -0.15) is 0 Å². The largest absolute Gasteiger partial charge is 0.465 e. The van der Waals surface area contributed by atoms with Gasteiger partial charge in [-0.3, -0.25) is 4.98 Å². The van der Waals surface area contributed by atoms with E-state index in [-0.39, 0.29) is 5.84 Å². The predicted octanol–water partition coefficient (Wildman–Crippen LogP) is 0.271. The van der Waals surface area contributed by atoms with E-state index in [1.807, 2.05) is 0 Å². The van der Waals surface area contributed by atoms with Crippen molar-refractivity contribution in [2.45, 2.75) is 6.92 Å². The summed E-state index contributed by atoms with van der Waals surface area (Å²) in [4.78, 5) is 15.2. The third-order valence-electron chi connectivity index (χ3n) is 1.90. The highest BCUT2D eigenvalue weighted by Gasteiger charge is 2.12. The van der Waals surface area contributed by atoms with E-state index in [1.165, 1.54) is 19.4 Å². The Hall–Kier alpha value is -2.11. The van der Waals surface area contributed by atoms with Gasteiger partial charge in [0.1, 0.15) is 0 Å². The third-order valence-corrected chi connectivity index (χ3v) is 1.90. The maximum atomic E-state index is 11.3. The molecule has 0 bridgehead atoms. The summed E-state index contributed by atoms with van der Waals surface area (Å²) >= 11 is 0. The smallest absolute Gasteiger partial charge is 0.339 e. The number of carbonyl (C=O) groups excluding carboxylic acids is 1. The van der Waals surface area contributed by atoms with Crippen LogP contribution in [0.2, 0.25) is 0 Å². The highest BCUT2D eigenvalue weighted by atomic mass is 16.5. The number of esters is 1. The summed E-state index contributed by atoms with van der Waals surface area (Å²) in [7, 11) is 1.28. The molecule has 1 aromatic heterocycles. The van der Waals surface area contributed by atoms with Crippen LogP contribution in [0.15, 0.2) is 17.4 Å². The molecule has 1 heterocycles. The molecule has 0 unspecified atom stereocenters. The zero-order valence-corrected chi connectivity index (χ0v) is 8.39. The minimum Gasteiger partial charge on any atom is -0.465 e. The van der Waals surface area contributed by atoms with Gasteiger partial charge >= 0.3 is 5.97 Å². The number of pyridine rings is 1. The molecule has 0 atom stereocenters. The molecule has 0 spiro atoms. The molecule has 0 aliphatic heterocycles. The topological polar surface area (TPSA) is 97.8 Å². The molecular weight excluding hydrogens is 198 g/mol. The zero-order chi connectivity index (χ0) is 11.4. The summed E-state index contributed by atoms with van der Waals surface area (Å²) in [6.07, 6.45) is 1.41. The average Bonchev–Trinajstić information content (AvgIpc) is 2.27. The summed E-state index contributed by atoms with van der Waals surface area (Å²) in [6, 6.07) is 1.46. The fourth-order valence-electron chi connectivity index (χ4n) is 1.05. The quantitative estimate of drug-likeness (QED) is 0.239. The standard InChI is InChI=1S/C9H11N3O3/c1-5-7(9(13)15-2)3-6(4-11-5)8(10)12-14/h3-4,14H,1-2H3,(H2,10,12). The van der Waals surface area contributed by atoms with E-state index in [1.54, 1.807) is 6.92 Å². The van der Waals surface area contributed by atoms with Gasteiger partial charge in [0.15, 0.2) is 5.84 Å². The minimum absolute atomic E-state index is 0.104. The second-order valence-corrected chi connectivity index (χ2v) is 2.83. The summed E-state index contributed by atoms with van der Waals surface area (Å²) in [5.74, 6) is -0.611. The van der Waals surface area contributed by atoms with Crippen molar-refractivity contribution >= 4 is 11.8 Å². The molecular formula is C9H11N3O3. The molecule has 0 amide bonds. The fourth-order valence-corrected chi connectivity index (χ4v) is 1.05. The van der Waals surface area contributed by atoms with Gasteiger partial charge < -0.3 is 15.7 Å². The summed E-state index contributed by atoms with van der Waals surface area (Å²) in [5, 5.41) is 11.3. The van der Waals surface area contributed by atoms with Crippen molar-refractivity contribution in [1.29, 1.82) is 0 Å². The maximum Gasteiger partial charge on any atom is 0.339 e. The normalized spacial score (nSPS) is 11.2. The molecule has 6 nitrogen and oxygen atoms in total. The Bertz CT molecular complexity index is 415. The Labute approximate surface area is 86.4 Å². The number of aromatic nitrogens is 1. The first-order valence-electron chi connectivity index (χ1n) is 4.13. The van der Waals surface area contributed by atoms with Crippen LogP contribution in [0.3, 0.4) is 0 Å². The number of hydrogen-bond acceptors (Lipinski definition) is 5. The number of nitrogens with zero attached hydrogens (tertiary/aromatic N) is 2. The summed E-state index contributed by atoms with van der Waals surface area (Å²) in [6.45, 7) is 1.67. The number of hydrogen-bond donors (Lipinski definition) is 2. The van der Waals surface area contributed by atoms with Crippen LogP contribution >= 0.6 is 0 Å². The Kier molecular flexibility index (Phi) is 3.22. The molecule has 0 radical (unpaired) electrons. The van der Waals surface area contributed by atoms with Crippen LogP contribution in [0.4, 0.5) is 0 Å². The maximum absolute atomic E-state index is 11.3. The Morgan fingerprint density at radius 2 is 2.33 bits per heavy atom. The molecule has 0 aromatic carbocycles. The molecule has 15 heavy (non-hydrogen) atoms. The molecule has 0 saturated carbocycles. The Morgan fingerprint density at radius 1 is 1.67 bits per heavy atom. The van der Waals surface area contributed by atoms with Gasteiger partial charge in [-0.25, -0.2) is 4.79 Å². The van der Waals surface area contributed by atoms with E-state index in [9.17, 15) is 4.79 Å². The molecule has 3 N–H and O–H groups in total. The molecule has 0 saturated heterocycles. The molecule has 6 heteroatoms. The lowest BCUT2D eigenvalue weighted by molar-refractivity contribution is 0.0599. The number of carbonyl (C=O) groups is 1. The third kappa shape index (κ3) is 2.22. The molecule has 1 aromatic rings. The molecule has 80 valence electrons. The first kappa shape index (κ1) is 11.0. The lowest BCUT2D eigenvalue weighted by Gasteiger charge is -2.05. The zero-order valence-electron chi connectivity index (χ0n) is 8.39. The SMILES string of the molecule is COC(=O)c1cc(C(N)=NO)cnc1C. The van der Waals surface area contributed by atoms with Gasteiger partial charge in [-0.1, -0.05) is 5.16 Å². The van der Waals surface area contributed by atoms with Gasteiger partial charge in [0.05, 0.1) is 18.4 Å². The van der Waals surface area contributed by atoms with Crippen molar-refractivity contribution in [3.63, 3.8) is 0 Å². The molecule has 0 fully saturated rings. The van der Waals surface area contributed by atoms with Crippen molar-refractivity contribution in [3.8, 4) is 0 Å². The van der Waals surface area contributed by atoms with Crippen molar-refractivity contribution < 1.29 is 14.7 Å². The number of methoxy groups -OCH3 is 1. The van der Waals surface area contributed by atoms with Gasteiger partial charge in [-0.05, 0) is 13.0 Å². The fraction of sp³-hybridized carbons (Fsp3) is 0.222. The Morgan fingerprint density at radius 3 is 2.87 bits per heavy atom. The van der Waals surface area contributed by atoms with Crippen LogP contribution < -0.4 is 5.73 Å². The lowest BCUT2D eigenvalue weighted by atomic mass is 10.1. The predicted molar refractivity (Wildman–Crippen MR) is 52.8 cm³/mol. The number of rotatable bonds is 2. The highest BCUT2D eigenvalue weighted by molar-refractivity contribution is 5.99. The van der Waals surface area contributed by atoms with E-state index in [0.29, 0.717) is 16.8 Å². The number of ether oxygens (including phenoxy) is 1. The van der Waals surface area contributed by atoms with Crippen molar-refractivity contribution in [2.24, 2.45) is 10.9 Å². The van der Waals surface area contributed by atoms with Gasteiger partial charge in [0.2, 0.25) is 0 Å². The second kappa shape index (κ2) is 4.41. The molecule has 0 aliphatic carbocycles. The van der Waals surface area contributed by atoms with Crippen LogP contribution in [0.5, 0.6) is 0 Å². The Balaban J connectivity index is 3.22. The van der Waals surface area contributed by atoms with Gasteiger partial charge in [0.25, 0.3) is 0 Å². The molecule has 0 aliphatic rings. The van der Waals surface area contributed by atoms with E-state index >= 15 is 0 Å². The van der Waals surface area contributed by atoms with Crippen molar-refractivity contribution in [2.75, 3.05) is 7.11 Å². The summed E-state index contributed by atoms with van der Waals surface area (Å²) < 4.78 is 4.56. The van der Waals surface area contributed by atoms with Gasteiger partial charge in [0, 0.05) is 11.8 Å². The van der Waals surface area contributed by atoms with Crippen LogP contribution in [0.25, 0.3) is 0 Å².